The van der Waals surface area contributed by atoms with E-state index in [4.69, 9.17) is 9.92 Å². The molecule has 22 heavy (non-hydrogen) atoms. The van der Waals surface area contributed by atoms with E-state index in [-0.39, 0.29) is 10.6 Å². The number of nitrogens with two attached hydrogens (primary N) is 1. The van der Waals surface area contributed by atoms with Crippen LogP contribution in [-0.2, 0) is 10.1 Å². The monoisotopic (exact) mass is 313 g/mol. The second-order valence-corrected chi connectivity index (χ2v) is 6.67. The molecule has 5 heteroatoms. The zero-order valence-electron chi connectivity index (χ0n) is 12.0. The van der Waals surface area contributed by atoms with Crippen molar-refractivity contribution in [1.82, 2.24) is 0 Å². The first-order chi connectivity index (χ1) is 10.4. The van der Waals surface area contributed by atoms with Gasteiger partial charge in [0.05, 0.1) is 0 Å². The van der Waals surface area contributed by atoms with Gasteiger partial charge < -0.3 is 9.92 Å². The average molecular weight is 313 g/mol. The minimum Gasteiger partial charge on any atom is -0.399 e. The predicted molar refractivity (Wildman–Crippen MR) is 87.4 cm³/mol. The normalized spacial score (nSPS) is 11.5. The molecule has 0 spiro atoms. The maximum atomic E-state index is 12.3. The van der Waals surface area contributed by atoms with Gasteiger partial charge in [-0.3, -0.25) is 0 Å². The van der Waals surface area contributed by atoms with Crippen LogP contribution >= 0.6 is 0 Å². The van der Waals surface area contributed by atoms with Crippen LogP contribution in [0.3, 0.4) is 0 Å². The molecular weight excluding hydrogens is 298 g/mol. The summed E-state index contributed by atoms with van der Waals surface area (Å²) in [5, 5.41) is 1.80. The molecule has 2 N–H and O–H groups in total. The molecule has 112 valence electrons. The Morgan fingerprint density at radius 3 is 2.27 bits per heavy atom. The topological polar surface area (TPSA) is 69.4 Å². The first-order valence-corrected chi connectivity index (χ1v) is 8.15. The van der Waals surface area contributed by atoms with Crippen molar-refractivity contribution in [1.29, 1.82) is 0 Å². The summed E-state index contributed by atoms with van der Waals surface area (Å²) in [6.45, 7) is 1.89. The second kappa shape index (κ2) is 5.35. The highest BCUT2D eigenvalue weighted by Crippen LogP contribution is 2.25. The van der Waals surface area contributed by atoms with E-state index in [0.29, 0.717) is 5.69 Å². The molecule has 0 saturated heterocycles. The van der Waals surface area contributed by atoms with Gasteiger partial charge in [-0.1, -0.05) is 29.8 Å². The van der Waals surface area contributed by atoms with Crippen molar-refractivity contribution in [3.8, 4) is 5.75 Å². The van der Waals surface area contributed by atoms with Crippen LogP contribution in [0.4, 0.5) is 5.69 Å². The first kappa shape index (κ1) is 14.4. The largest absolute Gasteiger partial charge is 0.399 e. The summed E-state index contributed by atoms with van der Waals surface area (Å²) >= 11 is 0. The molecule has 0 radical (unpaired) electrons. The number of nitrogen functional groups attached to an aromatic ring is 1. The first-order valence-electron chi connectivity index (χ1n) is 6.74. The third kappa shape index (κ3) is 2.89. The molecule has 0 aliphatic heterocycles. The van der Waals surface area contributed by atoms with Crippen LogP contribution in [0.2, 0.25) is 0 Å². The minimum atomic E-state index is -3.84. The van der Waals surface area contributed by atoms with Crippen molar-refractivity contribution in [2.45, 2.75) is 11.8 Å². The molecule has 0 aliphatic rings. The Labute approximate surface area is 129 Å². The fraction of sp³-hybridized carbons (Fsp3) is 0.0588. The van der Waals surface area contributed by atoms with E-state index < -0.39 is 10.1 Å². The summed E-state index contributed by atoms with van der Waals surface area (Å²) in [5.74, 6) is 0.263. The van der Waals surface area contributed by atoms with E-state index in [1.165, 1.54) is 12.1 Å². The lowest BCUT2D eigenvalue weighted by Crippen LogP contribution is -2.09. The van der Waals surface area contributed by atoms with Gasteiger partial charge in [0.25, 0.3) is 0 Å². The van der Waals surface area contributed by atoms with Gasteiger partial charge in [0, 0.05) is 5.69 Å². The smallest absolute Gasteiger partial charge is 0.339 e. The number of hydrogen-bond donors (Lipinski definition) is 1. The van der Waals surface area contributed by atoms with Gasteiger partial charge >= 0.3 is 10.1 Å². The zero-order valence-corrected chi connectivity index (χ0v) is 12.8. The number of fused-ring (bicyclic) bond motifs is 1. The summed E-state index contributed by atoms with van der Waals surface area (Å²) in [4.78, 5) is 0.130. The van der Waals surface area contributed by atoms with Crippen molar-refractivity contribution in [2.75, 3.05) is 5.73 Å². The Morgan fingerprint density at radius 2 is 1.55 bits per heavy atom. The van der Waals surface area contributed by atoms with Gasteiger partial charge in [-0.05, 0) is 54.1 Å². The molecule has 0 saturated carbocycles. The summed E-state index contributed by atoms with van der Waals surface area (Å²) in [6, 6.07) is 17.1. The highest BCUT2D eigenvalue weighted by atomic mass is 32.2. The van der Waals surface area contributed by atoms with Crippen molar-refractivity contribution in [3.05, 3.63) is 66.2 Å². The fourth-order valence-corrected chi connectivity index (χ4v) is 3.10. The van der Waals surface area contributed by atoms with Gasteiger partial charge in [0.15, 0.2) is 0 Å². The molecule has 0 amide bonds. The molecule has 3 aromatic rings. The summed E-state index contributed by atoms with van der Waals surface area (Å²) in [6.07, 6.45) is 0. The standard InChI is InChI=1S/C17H15NO3S/c1-12-2-8-17(9-3-12)22(19,20)21-16-7-5-13-4-6-15(18)10-14(13)11-16/h2-11H,18H2,1H3. The lowest BCUT2D eigenvalue weighted by atomic mass is 10.1. The zero-order chi connectivity index (χ0) is 15.7. The summed E-state index contributed by atoms with van der Waals surface area (Å²) in [7, 11) is -3.84. The number of benzene rings is 3. The lowest BCUT2D eigenvalue weighted by Gasteiger charge is -2.08. The molecule has 0 unspecified atom stereocenters. The van der Waals surface area contributed by atoms with Crippen molar-refractivity contribution in [2.24, 2.45) is 0 Å². The van der Waals surface area contributed by atoms with Crippen molar-refractivity contribution in [3.63, 3.8) is 0 Å². The van der Waals surface area contributed by atoms with Crippen molar-refractivity contribution < 1.29 is 12.6 Å². The van der Waals surface area contributed by atoms with E-state index in [9.17, 15) is 8.42 Å². The van der Waals surface area contributed by atoms with Crippen LogP contribution < -0.4 is 9.92 Å². The van der Waals surface area contributed by atoms with Crippen LogP contribution in [0, 0.1) is 6.92 Å². The fourth-order valence-electron chi connectivity index (χ4n) is 2.17. The SMILES string of the molecule is Cc1ccc(S(=O)(=O)Oc2ccc3ccc(N)cc3c2)cc1. The predicted octanol–water partition coefficient (Wildman–Crippen LogP) is 3.50. The quantitative estimate of drug-likeness (QED) is 0.593. The second-order valence-electron chi connectivity index (χ2n) is 5.12. The third-order valence-electron chi connectivity index (χ3n) is 3.35. The molecule has 0 fully saturated rings. The van der Waals surface area contributed by atoms with E-state index in [0.717, 1.165) is 16.3 Å². The van der Waals surface area contributed by atoms with Crippen LogP contribution in [0.5, 0.6) is 5.75 Å². The number of anilines is 1. The van der Waals surface area contributed by atoms with E-state index in [1.54, 1.807) is 42.5 Å². The average Bonchev–Trinajstić information content (AvgIpc) is 2.47. The minimum absolute atomic E-state index is 0.130. The molecule has 0 atom stereocenters. The molecular formula is C17H15NO3S. The number of aryl methyl sites for hydroxylation is 1. The van der Waals surface area contributed by atoms with Crippen molar-refractivity contribution >= 4 is 26.6 Å². The maximum absolute atomic E-state index is 12.3. The van der Waals surface area contributed by atoms with Crippen LogP contribution in [0.15, 0.2) is 65.6 Å². The Balaban J connectivity index is 1.96. The van der Waals surface area contributed by atoms with Gasteiger partial charge in [-0.25, -0.2) is 0 Å². The number of rotatable bonds is 3. The van der Waals surface area contributed by atoms with E-state index >= 15 is 0 Å². The van der Waals surface area contributed by atoms with Gasteiger partial charge in [-0.15, -0.1) is 0 Å². The van der Waals surface area contributed by atoms with E-state index in [2.05, 4.69) is 0 Å². The summed E-state index contributed by atoms with van der Waals surface area (Å²) in [5.41, 5.74) is 7.35. The molecule has 3 rings (SSSR count). The molecule has 0 aliphatic carbocycles. The third-order valence-corrected chi connectivity index (χ3v) is 4.61. The van der Waals surface area contributed by atoms with E-state index in [1.807, 2.05) is 13.0 Å². The molecule has 0 aromatic heterocycles. The van der Waals surface area contributed by atoms with Gasteiger partial charge in [0.1, 0.15) is 10.6 Å². The van der Waals surface area contributed by atoms with Gasteiger partial charge in [0.2, 0.25) is 0 Å². The Hall–Kier alpha value is -2.53. The molecule has 0 heterocycles. The van der Waals surface area contributed by atoms with Gasteiger partial charge in [-0.2, -0.15) is 8.42 Å². The molecule has 3 aromatic carbocycles. The summed E-state index contributed by atoms with van der Waals surface area (Å²) < 4.78 is 29.7. The Kier molecular flexibility index (Phi) is 3.50. The molecule has 4 nitrogen and oxygen atoms in total. The number of hydrogen-bond acceptors (Lipinski definition) is 4. The Morgan fingerprint density at radius 1 is 0.864 bits per heavy atom. The Bertz CT molecular complexity index is 932. The van der Waals surface area contributed by atoms with Crippen LogP contribution in [0.1, 0.15) is 5.56 Å². The van der Waals surface area contributed by atoms with Crippen LogP contribution in [0.25, 0.3) is 10.8 Å². The van der Waals surface area contributed by atoms with Crippen LogP contribution in [-0.4, -0.2) is 8.42 Å². The maximum Gasteiger partial charge on any atom is 0.339 e. The molecule has 0 bridgehead atoms. The highest BCUT2D eigenvalue weighted by molar-refractivity contribution is 7.87. The highest BCUT2D eigenvalue weighted by Gasteiger charge is 2.16. The lowest BCUT2D eigenvalue weighted by molar-refractivity contribution is 0.486.